The van der Waals surface area contributed by atoms with Crippen molar-refractivity contribution in [2.45, 2.75) is 32.4 Å². The van der Waals surface area contributed by atoms with Crippen molar-refractivity contribution in [3.05, 3.63) is 35.4 Å². The number of nitrogens with one attached hydrogen (secondary N) is 1. The number of aryl methyl sites for hydroxylation is 1. The third-order valence-corrected chi connectivity index (χ3v) is 3.32. The third-order valence-electron chi connectivity index (χ3n) is 3.32. The maximum Gasteiger partial charge on any atom is 0.318 e. The lowest BCUT2D eigenvalue weighted by Gasteiger charge is -2.16. The third kappa shape index (κ3) is 3.01. The van der Waals surface area contributed by atoms with E-state index in [1.807, 2.05) is 11.8 Å². The molecular weight excluding hydrogens is 226 g/mol. The van der Waals surface area contributed by atoms with Crippen molar-refractivity contribution in [2.75, 3.05) is 13.1 Å². The molecule has 4 nitrogen and oxygen atoms in total. The Morgan fingerprint density at radius 3 is 2.72 bits per heavy atom. The first kappa shape index (κ1) is 12.9. The second-order valence-electron chi connectivity index (χ2n) is 5.12. The van der Waals surface area contributed by atoms with Crippen LogP contribution in [0.25, 0.3) is 0 Å². The van der Waals surface area contributed by atoms with Gasteiger partial charge in [0.15, 0.2) is 0 Å². The number of amides is 2. The molecule has 0 aromatic heterocycles. The lowest BCUT2D eigenvalue weighted by molar-refractivity contribution is 0.216. The average Bonchev–Trinajstić information content (AvgIpc) is 2.69. The monoisotopic (exact) mass is 247 g/mol. The highest BCUT2D eigenvalue weighted by molar-refractivity contribution is 5.77. The van der Waals surface area contributed by atoms with Gasteiger partial charge >= 0.3 is 6.03 Å². The smallest absolute Gasteiger partial charge is 0.318 e. The largest absolute Gasteiger partial charge is 0.329 e. The first-order chi connectivity index (χ1) is 8.56. The van der Waals surface area contributed by atoms with E-state index in [0.717, 1.165) is 25.1 Å². The summed E-state index contributed by atoms with van der Waals surface area (Å²) in [6, 6.07) is 8.56. The molecule has 4 heteroatoms. The number of rotatable bonds is 4. The van der Waals surface area contributed by atoms with Gasteiger partial charge in [-0.3, -0.25) is 0 Å². The van der Waals surface area contributed by atoms with Gasteiger partial charge in [0, 0.05) is 19.1 Å². The first-order valence-corrected chi connectivity index (χ1v) is 6.44. The Morgan fingerprint density at radius 2 is 2.11 bits per heavy atom. The van der Waals surface area contributed by atoms with Gasteiger partial charge in [-0.2, -0.15) is 0 Å². The minimum Gasteiger partial charge on any atom is -0.329 e. The molecule has 1 heterocycles. The standard InChI is InChI=1S/C14H21N3O/c1-10-3-5-12(6-4-10)13-9-17(14(18)16-13)8-7-11(2)15/h3-6,11,13H,7-9,15H2,1-2H3,(H,16,18). The summed E-state index contributed by atoms with van der Waals surface area (Å²) < 4.78 is 0. The Kier molecular flexibility index (Phi) is 3.87. The molecule has 18 heavy (non-hydrogen) atoms. The van der Waals surface area contributed by atoms with Gasteiger partial charge in [-0.15, -0.1) is 0 Å². The fourth-order valence-corrected chi connectivity index (χ4v) is 2.13. The predicted molar refractivity (Wildman–Crippen MR) is 72.3 cm³/mol. The van der Waals surface area contributed by atoms with E-state index in [9.17, 15) is 4.79 Å². The number of carbonyl (C=O) groups is 1. The van der Waals surface area contributed by atoms with E-state index >= 15 is 0 Å². The number of nitrogens with zero attached hydrogens (tertiary/aromatic N) is 1. The first-order valence-electron chi connectivity index (χ1n) is 6.44. The van der Waals surface area contributed by atoms with E-state index in [4.69, 9.17) is 5.73 Å². The summed E-state index contributed by atoms with van der Waals surface area (Å²) in [6.07, 6.45) is 0.841. The lowest BCUT2D eigenvalue weighted by Crippen LogP contribution is -2.32. The van der Waals surface area contributed by atoms with Crippen molar-refractivity contribution in [1.29, 1.82) is 0 Å². The molecule has 2 amide bonds. The normalized spacial score (nSPS) is 20.9. The molecular formula is C14H21N3O. The molecule has 1 aliphatic heterocycles. The van der Waals surface area contributed by atoms with Crippen LogP contribution in [-0.2, 0) is 0 Å². The van der Waals surface area contributed by atoms with Crippen molar-refractivity contribution in [3.8, 4) is 0 Å². The van der Waals surface area contributed by atoms with E-state index in [-0.39, 0.29) is 18.1 Å². The highest BCUT2D eigenvalue weighted by Gasteiger charge is 2.29. The molecule has 0 radical (unpaired) electrons. The summed E-state index contributed by atoms with van der Waals surface area (Å²) in [5.41, 5.74) is 8.12. The number of carbonyl (C=O) groups excluding carboxylic acids is 1. The zero-order valence-corrected chi connectivity index (χ0v) is 11.0. The zero-order chi connectivity index (χ0) is 13.1. The highest BCUT2D eigenvalue weighted by atomic mass is 16.2. The van der Waals surface area contributed by atoms with Crippen LogP contribution in [0.3, 0.4) is 0 Å². The summed E-state index contributed by atoms with van der Waals surface area (Å²) in [5, 5.41) is 3.01. The van der Waals surface area contributed by atoms with Crippen molar-refractivity contribution >= 4 is 6.03 Å². The van der Waals surface area contributed by atoms with E-state index in [0.29, 0.717) is 0 Å². The second kappa shape index (κ2) is 5.40. The maximum atomic E-state index is 11.8. The molecule has 2 unspecified atom stereocenters. The van der Waals surface area contributed by atoms with E-state index < -0.39 is 0 Å². The quantitative estimate of drug-likeness (QED) is 0.852. The average molecular weight is 247 g/mol. The molecule has 1 aromatic carbocycles. The molecule has 98 valence electrons. The number of urea groups is 1. The molecule has 1 fully saturated rings. The molecule has 1 saturated heterocycles. The van der Waals surface area contributed by atoms with Crippen molar-refractivity contribution in [3.63, 3.8) is 0 Å². The van der Waals surface area contributed by atoms with Crippen LogP contribution in [-0.4, -0.2) is 30.1 Å². The summed E-state index contributed by atoms with van der Waals surface area (Å²) >= 11 is 0. The summed E-state index contributed by atoms with van der Waals surface area (Å²) in [7, 11) is 0. The predicted octanol–water partition coefficient (Wildman–Crippen LogP) is 1.80. The fraction of sp³-hybridized carbons (Fsp3) is 0.500. The Hall–Kier alpha value is -1.55. The van der Waals surface area contributed by atoms with Crippen molar-refractivity contribution in [1.82, 2.24) is 10.2 Å². The van der Waals surface area contributed by atoms with Gasteiger partial charge in [-0.25, -0.2) is 4.79 Å². The van der Waals surface area contributed by atoms with Crippen LogP contribution in [0.2, 0.25) is 0 Å². The van der Waals surface area contributed by atoms with Crippen LogP contribution in [0.1, 0.15) is 30.5 Å². The van der Waals surface area contributed by atoms with Gasteiger partial charge in [0.05, 0.1) is 6.04 Å². The van der Waals surface area contributed by atoms with Crippen LogP contribution in [0, 0.1) is 6.92 Å². The van der Waals surface area contributed by atoms with Gasteiger partial charge in [0.1, 0.15) is 0 Å². The Morgan fingerprint density at radius 1 is 1.44 bits per heavy atom. The Bertz CT molecular complexity index is 414. The van der Waals surface area contributed by atoms with Crippen LogP contribution in [0.15, 0.2) is 24.3 Å². The van der Waals surface area contributed by atoms with Gasteiger partial charge < -0.3 is 16.0 Å². The Balaban J connectivity index is 1.97. The summed E-state index contributed by atoms with van der Waals surface area (Å²) in [6.45, 7) is 5.48. The maximum absolute atomic E-state index is 11.8. The van der Waals surface area contributed by atoms with Gasteiger partial charge in [-0.1, -0.05) is 29.8 Å². The molecule has 2 atom stereocenters. The molecule has 0 spiro atoms. The van der Waals surface area contributed by atoms with Crippen LogP contribution in [0.5, 0.6) is 0 Å². The minimum atomic E-state index is 0.0150. The number of nitrogens with two attached hydrogens (primary N) is 1. The zero-order valence-electron chi connectivity index (χ0n) is 11.0. The van der Waals surface area contributed by atoms with E-state index in [2.05, 4.69) is 36.5 Å². The second-order valence-corrected chi connectivity index (χ2v) is 5.12. The fourth-order valence-electron chi connectivity index (χ4n) is 2.13. The molecule has 1 aliphatic rings. The van der Waals surface area contributed by atoms with E-state index in [1.165, 1.54) is 5.56 Å². The minimum absolute atomic E-state index is 0.0150. The lowest BCUT2D eigenvalue weighted by atomic mass is 10.1. The molecule has 1 aromatic rings. The highest BCUT2D eigenvalue weighted by Crippen LogP contribution is 2.20. The van der Waals surface area contributed by atoms with Crippen LogP contribution >= 0.6 is 0 Å². The SMILES string of the molecule is Cc1ccc(C2CN(CCC(C)N)C(=O)N2)cc1. The molecule has 0 aliphatic carbocycles. The van der Waals surface area contributed by atoms with Crippen molar-refractivity contribution in [2.24, 2.45) is 5.73 Å². The summed E-state index contributed by atoms with van der Waals surface area (Å²) in [4.78, 5) is 13.7. The van der Waals surface area contributed by atoms with Crippen LogP contribution in [0.4, 0.5) is 4.79 Å². The van der Waals surface area contributed by atoms with Crippen LogP contribution < -0.4 is 11.1 Å². The van der Waals surface area contributed by atoms with Gasteiger partial charge in [0.25, 0.3) is 0 Å². The van der Waals surface area contributed by atoms with Crippen molar-refractivity contribution < 1.29 is 4.79 Å². The topological polar surface area (TPSA) is 58.4 Å². The molecule has 2 rings (SSSR count). The molecule has 0 saturated carbocycles. The van der Waals surface area contributed by atoms with Gasteiger partial charge in [0.2, 0.25) is 0 Å². The van der Waals surface area contributed by atoms with Gasteiger partial charge in [-0.05, 0) is 25.8 Å². The number of hydrogen-bond donors (Lipinski definition) is 2. The number of benzene rings is 1. The number of hydrogen-bond acceptors (Lipinski definition) is 2. The van der Waals surface area contributed by atoms with E-state index in [1.54, 1.807) is 0 Å². The Labute approximate surface area is 108 Å². The molecule has 0 bridgehead atoms. The molecule has 3 N–H and O–H groups in total. The summed E-state index contributed by atoms with van der Waals surface area (Å²) in [5.74, 6) is 0.